The molecule has 4 heteroatoms. The Hall–Kier alpha value is -1.58. The highest BCUT2D eigenvalue weighted by molar-refractivity contribution is 5.76. The molecule has 19 heavy (non-hydrogen) atoms. The smallest absolute Gasteiger partial charge is 0.310 e. The van der Waals surface area contributed by atoms with Crippen LogP contribution in [0.25, 0.3) is 0 Å². The number of allylic oxidation sites excluding steroid dienone is 3. The van der Waals surface area contributed by atoms with Gasteiger partial charge >= 0.3 is 11.9 Å². The lowest BCUT2D eigenvalue weighted by molar-refractivity contribution is -0.141. The molecule has 0 saturated carbocycles. The number of aliphatic carboxylic acids is 2. The summed E-state index contributed by atoms with van der Waals surface area (Å²) in [4.78, 5) is 22.1. The van der Waals surface area contributed by atoms with Crippen LogP contribution in [0.2, 0.25) is 0 Å². The Bertz CT molecular complexity index is 431. The Labute approximate surface area is 113 Å². The maximum Gasteiger partial charge on any atom is 0.310 e. The van der Waals surface area contributed by atoms with E-state index in [1.54, 1.807) is 0 Å². The highest BCUT2D eigenvalue weighted by Crippen LogP contribution is 2.32. The zero-order valence-electron chi connectivity index (χ0n) is 11.8. The van der Waals surface area contributed by atoms with Crippen molar-refractivity contribution in [2.24, 2.45) is 11.8 Å². The maximum absolute atomic E-state index is 11.4. The largest absolute Gasteiger partial charge is 0.481 e. The molecule has 0 aliphatic heterocycles. The molecule has 4 nitrogen and oxygen atoms in total. The van der Waals surface area contributed by atoms with E-state index in [4.69, 9.17) is 5.11 Å². The quantitative estimate of drug-likeness (QED) is 0.801. The summed E-state index contributed by atoms with van der Waals surface area (Å²) in [5, 5.41) is 18.1. The first kappa shape index (κ1) is 15.5. The Morgan fingerprint density at radius 1 is 1.37 bits per heavy atom. The molecule has 0 amide bonds. The molecule has 1 rings (SSSR count). The first-order valence-corrected chi connectivity index (χ1v) is 6.65. The van der Waals surface area contributed by atoms with Crippen LogP contribution in [-0.2, 0) is 9.59 Å². The van der Waals surface area contributed by atoms with Crippen LogP contribution in [0.4, 0.5) is 0 Å². The minimum absolute atomic E-state index is 0.115. The van der Waals surface area contributed by atoms with Gasteiger partial charge in [0.1, 0.15) is 0 Å². The number of carboxylic acid groups (broad SMARTS) is 2. The number of carbonyl (C=O) groups is 2. The van der Waals surface area contributed by atoms with Crippen LogP contribution in [0, 0.1) is 11.8 Å². The number of hydrogen-bond acceptors (Lipinski definition) is 2. The van der Waals surface area contributed by atoms with Crippen molar-refractivity contribution in [3.05, 3.63) is 22.8 Å². The lowest BCUT2D eigenvalue weighted by Gasteiger charge is -2.15. The summed E-state index contributed by atoms with van der Waals surface area (Å²) in [6.07, 6.45) is 3.88. The highest BCUT2D eigenvalue weighted by atomic mass is 16.4. The molecule has 0 aromatic carbocycles. The summed E-state index contributed by atoms with van der Waals surface area (Å²) in [7, 11) is 0. The van der Waals surface area contributed by atoms with Crippen molar-refractivity contribution in [1.82, 2.24) is 0 Å². The zero-order valence-corrected chi connectivity index (χ0v) is 11.8. The van der Waals surface area contributed by atoms with Gasteiger partial charge in [-0.2, -0.15) is 0 Å². The van der Waals surface area contributed by atoms with E-state index < -0.39 is 17.9 Å². The summed E-state index contributed by atoms with van der Waals surface area (Å²) in [6, 6.07) is 0. The van der Waals surface area contributed by atoms with Crippen molar-refractivity contribution in [2.75, 3.05) is 0 Å². The molecule has 106 valence electrons. The molecule has 2 atom stereocenters. The van der Waals surface area contributed by atoms with Gasteiger partial charge in [-0.15, -0.1) is 0 Å². The van der Waals surface area contributed by atoms with Crippen LogP contribution in [0.5, 0.6) is 0 Å². The fourth-order valence-corrected chi connectivity index (χ4v) is 2.39. The average molecular weight is 266 g/mol. The maximum atomic E-state index is 11.4. The molecule has 0 bridgehead atoms. The van der Waals surface area contributed by atoms with Crippen molar-refractivity contribution in [2.45, 2.75) is 46.5 Å². The molecule has 0 aromatic rings. The Kier molecular flexibility index (Phi) is 5.33. The van der Waals surface area contributed by atoms with Gasteiger partial charge in [0, 0.05) is 6.42 Å². The van der Waals surface area contributed by atoms with Gasteiger partial charge in [-0.25, -0.2) is 0 Å². The molecule has 2 N–H and O–H groups in total. The summed E-state index contributed by atoms with van der Waals surface area (Å²) in [5.74, 6) is -2.15. The third kappa shape index (κ3) is 4.23. The van der Waals surface area contributed by atoms with Gasteiger partial charge in [0.15, 0.2) is 0 Å². The predicted octanol–water partition coefficient (Wildman–Crippen LogP) is 3.24. The van der Waals surface area contributed by atoms with E-state index in [0.717, 1.165) is 24.0 Å². The lowest BCUT2D eigenvalue weighted by Crippen LogP contribution is -2.18. The lowest BCUT2D eigenvalue weighted by atomic mass is 9.89. The minimum atomic E-state index is -0.952. The second kappa shape index (κ2) is 6.55. The number of hydrogen-bond donors (Lipinski definition) is 2. The van der Waals surface area contributed by atoms with Gasteiger partial charge in [0.25, 0.3) is 0 Å². The van der Waals surface area contributed by atoms with Gasteiger partial charge in [-0.05, 0) is 44.6 Å². The Morgan fingerprint density at radius 2 is 2.00 bits per heavy atom. The standard InChI is InChI=1S/C15H22O4/c1-9-4-5-10(2)13(8-11(9)3)12(15(18)19)6-7-14(16)17/h8-9,12H,4-7H2,1-3H3,(H,16,17)(H,18,19). The molecule has 0 saturated heterocycles. The van der Waals surface area contributed by atoms with Crippen molar-refractivity contribution in [3.8, 4) is 0 Å². The third-order valence-corrected chi connectivity index (χ3v) is 3.93. The first-order chi connectivity index (χ1) is 8.82. The predicted molar refractivity (Wildman–Crippen MR) is 72.9 cm³/mol. The van der Waals surface area contributed by atoms with Crippen molar-refractivity contribution in [3.63, 3.8) is 0 Å². The van der Waals surface area contributed by atoms with Crippen LogP contribution in [0.1, 0.15) is 46.5 Å². The second-order valence-corrected chi connectivity index (χ2v) is 5.39. The first-order valence-electron chi connectivity index (χ1n) is 6.65. The third-order valence-electron chi connectivity index (χ3n) is 3.93. The highest BCUT2D eigenvalue weighted by Gasteiger charge is 2.25. The minimum Gasteiger partial charge on any atom is -0.481 e. The van der Waals surface area contributed by atoms with Crippen LogP contribution < -0.4 is 0 Å². The molecule has 0 fully saturated rings. The van der Waals surface area contributed by atoms with Gasteiger partial charge < -0.3 is 10.2 Å². The van der Waals surface area contributed by atoms with Crippen molar-refractivity contribution >= 4 is 11.9 Å². The topological polar surface area (TPSA) is 74.6 Å². The average Bonchev–Trinajstić information content (AvgIpc) is 2.43. The summed E-state index contributed by atoms with van der Waals surface area (Å²) in [6.45, 7) is 6.10. The monoisotopic (exact) mass is 266 g/mol. The van der Waals surface area contributed by atoms with E-state index in [1.165, 1.54) is 5.57 Å². The molecule has 0 heterocycles. The summed E-state index contributed by atoms with van der Waals surface area (Å²) in [5.41, 5.74) is 3.05. The van der Waals surface area contributed by atoms with E-state index in [9.17, 15) is 14.7 Å². The molecular formula is C15H22O4. The van der Waals surface area contributed by atoms with Gasteiger partial charge in [0.2, 0.25) is 0 Å². The van der Waals surface area contributed by atoms with E-state index in [0.29, 0.717) is 5.92 Å². The SMILES string of the molecule is CC1=CC(C(CCC(=O)O)C(=O)O)=C(C)CCC1C. The normalized spacial score (nSPS) is 21.6. The molecule has 0 spiro atoms. The van der Waals surface area contributed by atoms with Crippen LogP contribution in [0.3, 0.4) is 0 Å². The number of carboxylic acids is 2. The van der Waals surface area contributed by atoms with Gasteiger partial charge in [-0.1, -0.05) is 24.1 Å². The molecule has 0 radical (unpaired) electrons. The second-order valence-electron chi connectivity index (χ2n) is 5.39. The van der Waals surface area contributed by atoms with Crippen molar-refractivity contribution < 1.29 is 19.8 Å². The molecular weight excluding hydrogens is 244 g/mol. The molecule has 0 aromatic heterocycles. The van der Waals surface area contributed by atoms with Crippen molar-refractivity contribution in [1.29, 1.82) is 0 Å². The van der Waals surface area contributed by atoms with Crippen LogP contribution in [0.15, 0.2) is 22.8 Å². The van der Waals surface area contributed by atoms with Gasteiger partial charge in [-0.3, -0.25) is 9.59 Å². The zero-order chi connectivity index (χ0) is 14.6. The van der Waals surface area contributed by atoms with Crippen LogP contribution >= 0.6 is 0 Å². The van der Waals surface area contributed by atoms with E-state index >= 15 is 0 Å². The van der Waals surface area contributed by atoms with E-state index in [1.807, 2.05) is 19.9 Å². The fraction of sp³-hybridized carbons (Fsp3) is 0.600. The van der Waals surface area contributed by atoms with E-state index in [-0.39, 0.29) is 12.8 Å². The van der Waals surface area contributed by atoms with E-state index in [2.05, 4.69) is 6.92 Å². The Balaban J connectivity index is 3.04. The Morgan fingerprint density at radius 3 is 2.53 bits per heavy atom. The van der Waals surface area contributed by atoms with Gasteiger partial charge in [0.05, 0.1) is 5.92 Å². The molecule has 2 unspecified atom stereocenters. The number of rotatable bonds is 5. The fourth-order valence-electron chi connectivity index (χ4n) is 2.39. The summed E-state index contributed by atoms with van der Waals surface area (Å²) < 4.78 is 0. The summed E-state index contributed by atoms with van der Waals surface area (Å²) >= 11 is 0. The molecule has 1 aliphatic carbocycles. The van der Waals surface area contributed by atoms with Crippen LogP contribution in [-0.4, -0.2) is 22.2 Å². The molecule has 1 aliphatic rings.